The van der Waals surface area contributed by atoms with Crippen LogP contribution in [0.1, 0.15) is 64.4 Å². The van der Waals surface area contributed by atoms with Crippen LogP contribution in [0, 0.1) is 11.2 Å². The Bertz CT molecular complexity index is 1760. The molecule has 0 aliphatic carbocycles. The lowest BCUT2D eigenvalue weighted by atomic mass is 9.78. The number of rotatable bonds is 12. The molecule has 0 unspecified atom stereocenters. The molecule has 0 atom stereocenters. The Morgan fingerprint density at radius 2 is 1.73 bits per heavy atom. The maximum Gasteiger partial charge on any atom is 0.310 e. The molecule has 0 saturated heterocycles. The van der Waals surface area contributed by atoms with Crippen LogP contribution in [-0.2, 0) is 24.4 Å². The zero-order chi connectivity index (χ0) is 32.2. The van der Waals surface area contributed by atoms with Crippen molar-refractivity contribution >= 4 is 28.6 Å². The lowest BCUT2D eigenvalue weighted by molar-refractivity contribution is -0.149. The predicted octanol–water partition coefficient (Wildman–Crippen LogP) is 9.19. The van der Waals surface area contributed by atoms with Gasteiger partial charge in [-0.1, -0.05) is 65.0 Å². The number of hydrogen-bond acceptors (Lipinski definition) is 5. The maximum absolute atomic E-state index is 13.4. The van der Waals surface area contributed by atoms with Crippen LogP contribution in [0.25, 0.3) is 22.2 Å². The monoisotopic (exact) mass is 625 g/mol. The van der Waals surface area contributed by atoms with Crippen LogP contribution in [0.5, 0.6) is 5.75 Å². The van der Waals surface area contributed by atoms with E-state index in [0.717, 1.165) is 44.1 Å². The average Bonchev–Trinajstić information content (AvgIpc) is 3.29. The lowest BCUT2D eigenvalue weighted by Crippen LogP contribution is -2.33. The summed E-state index contributed by atoms with van der Waals surface area (Å²) >= 11 is 1.77. The van der Waals surface area contributed by atoms with Gasteiger partial charge in [0.2, 0.25) is 0 Å². The van der Waals surface area contributed by atoms with Gasteiger partial charge in [0.25, 0.3) is 0 Å². The van der Waals surface area contributed by atoms with Crippen LogP contribution < -0.4 is 4.74 Å². The number of halogens is 1. The number of carboxylic acids is 1. The quantitative estimate of drug-likeness (QED) is 0.139. The van der Waals surface area contributed by atoms with Crippen molar-refractivity contribution in [2.75, 3.05) is 0 Å². The molecule has 0 fully saturated rings. The van der Waals surface area contributed by atoms with E-state index in [0.29, 0.717) is 38.1 Å². The third kappa shape index (κ3) is 7.39. The van der Waals surface area contributed by atoms with Gasteiger partial charge in [-0.3, -0.25) is 14.8 Å². The standard InChI is InChI=1S/C37H40FN3O3S/c1-6-37(7-2,35(42)43)21-33-34(45-36(3,4)5)30-20-29(44-24-28-10-8-9-19-39-28)16-18-32(30)41(33)23-25-11-13-26(14-12-25)31-17-15-27(38)22-40-31/h8-20,22H,6-7,21,23-24H2,1-5H3,(H,42,43). The first-order chi connectivity index (χ1) is 21.5. The van der Waals surface area contributed by atoms with Crippen LogP contribution in [0.3, 0.4) is 0 Å². The van der Waals surface area contributed by atoms with E-state index in [1.54, 1.807) is 24.0 Å². The number of thioether (sulfide) groups is 1. The van der Waals surface area contributed by atoms with Crippen LogP contribution >= 0.6 is 11.8 Å². The Kier molecular flexibility index (Phi) is 9.63. The molecule has 6 nitrogen and oxygen atoms in total. The number of aliphatic carboxylic acids is 1. The summed E-state index contributed by atoms with van der Waals surface area (Å²) in [7, 11) is 0. The molecule has 45 heavy (non-hydrogen) atoms. The molecular formula is C37H40FN3O3S. The number of nitrogens with zero attached hydrogens (tertiary/aromatic N) is 3. The molecule has 8 heteroatoms. The predicted molar refractivity (Wildman–Crippen MR) is 179 cm³/mol. The Morgan fingerprint density at radius 3 is 2.33 bits per heavy atom. The van der Waals surface area contributed by atoms with E-state index in [2.05, 4.69) is 59.6 Å². The maximum atomic E-state index is 13.4. The van der Waals surface area contributed by atoms with Gasteiger partial charge in [0, 0.05) is 51.0 Å². The van der Waals surface area contributed by atoms with E-state index in [-0.39, 0.29) is 10.6 Å². The average molecular weight is 626 g/mol. The second-order valence-electron chi connectivity index (χ2n) is 12.4. The Hall–Kier alpha value is -4.17. The van der Waals surface area contributed by atoms with Crippen molar-refractivity contribution in [2.24, 2.45) is 5.41 Å². The third-order valence-electron chi connectivity index (χ3n) is 8.24. The Labute approximate surface area is 268 Å². The molecule has 0 amide bonds. The van der Waals surface area contributed by atoms with E-state index in [1.165, 1.54) is 12.3 Å². The fourth-order valence-corrected chi connectivity index (χ4v) is 6.76. The van der Waals surface area contributed by atoms with Crippen molar-refractivity contribution in [1.29, 1.82) is 0 Å². The fraction of sp³-hybridized carbons (Fsp3) is 0.324. The third-order valence-corrected chi connectivity index (χ3v) is 9.52. The number of hydrogen-bond donors (Lipinski definition) is 1. The number of benzene rings is 2. The first-order valence-electron chi connectivity index (χ1n) is 15.3. The summed E-state index contributed by atoms with van der Waals surface area (Å²) in [4.78, 5) is 22.5. The van der Waals surface area contributed by atoms with Crippen LogP contribution in [-0.4, -0.2) is 30.4 Å². The smallest absolute Gasteiger partial charge is 0.310 e. The van der Waals surface area contributed by atoms with Gasteiger partial charge in [0.05, 0.1) is 23.0 Å². The van der Waals surface area contributed by atoms with Crippen molar-refractivity contribution in [3.05, 3.63) is 108 Å². The minimum Gasteiger partial charge on any atom is -0.487 e. The number of aromatic nitrogens is 3. The minimum atomic E-state index is -0.893. The lowest BCUT2D eigenvalue weighted by Gasteiger charge is -2.29. The van der Waals surface area contributed by atoms with Gasteiger partial charge in [-0.25, -0.2) is 4.39 Å². The van der Waals surface area contributed by atoms with Gasteiger partial charge in [0.15, 0.2) is 0 Å². The largest absolute Gasteiger partial charge is 0.487 e. The number of fused-ring (bicyclic) bond motifs is 1. The summed E-state index contributed by atoms with van der Waals surface area (Å²) in [6.45, 7) is 11.4. The molecule has 5 aromatic rings. The summed E-state index contributed by atoms with van der Waals surface area (Å²) in [6, 6.07) is 23.1. The highest BCUT2D eigenvalue weighted by atomic mass is 32.2. The summed E-state index contributed by atoms with van der Waals surface area (Å²) in [5.74, 6) is -0.404. The highest BCUT2D eigenvalue weighted by Gasteiger charge is 2.38. The molecular weight excluding hydrogens is 585 g/mol. The Morgan fingerprint density at radius 1 is 0.978 bits per heavy atom. The number of pyridine rings is 2. The zero-order valence-electron chi connectivity index (χ0n) is 26.5. The number of carboxylic acid groups (broad SMARTS) is 1. The fourth-order valence-electron chi connectivity index (χ4n) is 5.57. The molecule has 0 aliphatic rings. The second kappa shape index (κ2) is 13.4. The normalized spacial score (nSPS) is 12.0. The highest BCUT2D eigenvalue weighted by Crippen LogP contribution is 2.45. The molecule has 5 rings (SSSR count). The molecule has 3 aromatic heterocycles. The SMILES string of the molecule is CCC(CC)(Cc1c(SC(C)(C)C)c2cc(OCc3ccccn3)ccc2n1Cc1ccc(-c2ccc(F)cn2)cc1)C(=O)O. The summed E-state index contributed by atoms with van der Waals surface area (Å²) in [5.41, 5.74) is 4.66. The highest BCUT2D eigenvalue weighted by molar-refractivity contribution is 8.00. The van der Waals surface area contributed by atoms with Crippen LogP contribution in [0.2, 0.25) is 0 Å². The van der Waals surface area contributed by atoms with Crippen LogP contribution in [0.15, 0.2) is 90.1 Å². The van der Waals surface area contributed by atoms with Gasteiger partial charge in [-0.15, -0.1) is 11.8 Å². The van der Waals surface area contributed by atoms with Crippen molar-refractivity contribution in [2.45, 2.75) is 76.7 Å². The van der Waals surface area contributed by atoms with E-state index < -0.39 is 11.4 Å². The van der Waals surface area contributed by atoms with Crippen molar-refractivity contribution in [3.8, 4) is 17.0 Å². The molecule has 3 heterocycles. The molecule has 0 bridgehead atoms. The van der Waals surface area contributed by atoms with Crippen LogP contribution in [0.4, 0.5) is 4.39 Å². The van der Waals surface area contributed by atoms with Crippen molar-refractivity contribution in [1.82, 2.24) is 14.5 Å². The first kappa shape index (κ1) is 32.2. The van der Waals surface area contributed by atoms with E-state index in [4.69, 9.17) is 4.74 Å². The molecule has 1 N–H and O–H groups in total. The zero-order valence-corrected chi connectivity index (χ0v) is 27.3. The van der Waals surface area contributed by atoms with E-state index in [9.17, 15) is 14.3 Å². The number of ether oxygens (including phenoxy) is 1. The molecule has 234 valence electrons. The molecule has 0 spiro atoms. The van der Waals surface area contributed by atoms with Gasteiger partial charge in [-0.2, -0.15) is 0 Å². The van der Waals surface area contributed by atoms with Gasteiger partial charge >= 0.3 is 5.97 Å². The summed E-state index contributed by atoms with van der Waals surface area (Å²) < 4.78 is 21.8. The van der Waals surface area contributed by atoms with Gasteiger partial charge in [0.1, 0.15) is 18.2 Å². The van der Waals surface area contributed by atoms with Crippen molar-refractivity contribution in [3.63, 3.8) is 0 Å². The summed E-state index contributed by atoms with van der Waals surface area (Å²) in [5, 5.41) is 11.5. The summed E-state index contributed by atoms with van der Waals surface area (Å²) in [6.07, 6.45) is 4.44. The molecule has 0 aliphatic heterocycles. The van der Waals surface area contributed by atoms with Gasteiger partial charge in [-0.05, 0) is 60.9 Å². The van der Waals surface area contributed by atoms with Crippen molar-refractivity contribution < 1.29 is 19.0 Å². The second-order valence-corrected chi connectivity index (χ2v) is 14.2. The topological polar surface area (TPSA) is 77.2 Å². The number of carbonyl (C=O) groups is 1. The molecule has 0 radical (unpaired) electrons. The molecule has 2 aromatic carbocycles. The van der Waals surface area contributed by atoms with Gasteiger partial charge < -0.3 is 14.4 Å². The Balaban J connectivity index is 1.62. The first-order valence-corrected chi connectivity index (χ1v) is 16.1. The van der Waals surface area contributed by atoms with E-state index >= 15 is 0 Å². The molecule has 0 saturated carbocycles. The minimum absolute atomic E-state index is 0.118. The van der Waals surface area contributed by atoms with E-state index in [1.807, 2.05) is 50.2 Å².